The van der Waals surface area contributed by atoms with E-state index < -0.39 is 0 Å². The van der Waals surface area contributed by atoms with Crippen LogP contribution in [-0.4, -0.2) is 4.57 Å². The Balaban J connectivity index is 2.05. The van der Waals surface area contributed by atoms with Crippen molar-refractivity contribution in [3.8, 4) is 5.69 Å². The Kier molecular flexibility index (Phi) is 3.00. The monoisotopic (exact) mass is 371 g/mol. The van der Waals surface area contributed by atoms with Crippen LogP contribution in [-0.2, 0) is 0 Å². The van der Waals surface area contributed by atoms with Crippen LogP contribution >= 0.6 is 15.9 Å². The van der Waals surface area contributed by atoms with Gasteiger partial charge >= 0.3 is 0 Å². The molecule has 0 N–H and O–H groups in total. The molecule has 114 valence electrons. The molecule has 0 saturated carbocycles. The van der Waals surface area contributed by atoms with Crippen LogP contribution in [0.25, 0.3) is 38.3 Å². The molecule has 24 heavy (non-hydrogen) atoms. The summed E-state index contributed by atoms with van der Waals surface area (Å²) in [5.41, 5.74) is 3.66. The van der Waals surface area contributed by atoms with E-state index in [0.717, 1.165) is 4.47 Å². The molecular formula is C22H14BrN. The van der Waals surface area contributed by atoms with Crippen LogP contribution < -0.4 is 0 Å². The number of fused-ring (bicyclic) bond motifs is 4. The van der Waals surface area contributed by atoms with E-state index in [4.69, 9.17) is 0 Å². The van der Waals surface area contributed by atoms with Crippen molar-refractivity contribution in [3.63, 3.8) is 0 Å². The van der Waals surface area contributed by atoms with E-state index in [1.807, 2.05) is 0 Å². The van der Waals surface area contributed by atoms with Crippen LogP contribution in [0, 0.1) is 0 Å². The molecule has 0 aliphatic carbocycles. The summed E-state index contributed by atoms with van der Waals surface area (Å²) in [6.45, 7) is 0. The first-order valence-electron chi connectivity index (χ1n) is 8.00. The van der Waals surface area contributed by atoms with E-state index >= 15 is 0 Å². The highest BCUT2D eigenvalue weighted by Crippen LogP contribution is 2.37. The van der Waals surface area contributed by atoms with Gasteiger partial charge in [0.25, 0.3) is 0 Å². The van der Waals surface area contributed by atoms with Gasteiger partial charge in [-0.15, -0.1) is 0 Å². The molecule has 5 aromatic rings. The van der Waals surface area contributed by atoms with E-state index in [1.165, 1.54) is 38.3 Å². The van der Waals surface area contributed by atoms with Crippen molar-refractivity contribution < 1.29 is 0 Å². The lowest BCUT2D eigenvalue weighted by Gasteiger charge is -2.12. The van der Waals surface area contributed by atoms with Crippen molar-refractivity contribution in [2.45, 2.75) is 0 Å². The lowest BCUT2D eigenvalue weighted by atomic mass is 10.1. The Morgan fingerprint density at radius 1 is 0.583 bits per heavy atom. The Labute approximate surface area is 148 Å². The first kappa shape index (κ1) is 13.8. The molecule has 1 heterocycles. The Morgan fingerprint density at radius 2 is 1.25 bits per heavy atom. The zero-order chi connectivity index (χ0) is 16.1. The summed E-state index contributed by atoms with van der Waals surface area (Å²) >= 11 is 3.77. The largest absolute Gasteiger partial charge is 0.307 e. The summed E-state index contributed by atoms with van der Waals surface area (Å²) in [5.74, 6) is 0. The number of hydrogen-bond acceptors (Lipinski definition) is 0. The van der Waals surface area contributed by atoms with Gasteiger partial charge in [0.2, 0.25) is 0 Å². The maximum atomic E-state index is 3.77. The van der Waals surface area contributed by atoms with Gasteiger partial charge < -0.3 is 4.57 Å². The molecule has 0 aliphatic rings. The minimum atomic E-state index is 1.11. The average Bonchev–Trinajstić information content (AvgIpc) is 2.97. The molecule has 1 nitrogen and oxygen atoms in total. The lowest BCUT2D eigenvalue weighted by molar-refractivity contribution is 1.19. The number of para-hydroxylation sites is 2. The highest BCUT2D eigenvalue weighted by atomic mass is 79.9. The molecule has 0 saturated heterocycles. The molecule has 2 heteroatoms. The molecular weight excluding hydrogens is 358 g/mol. The average molecular weight is 372 g/mol. The minimum Gasteiger partial charge on any atom is -0.307 e. The minimum absolute atomic E-state index is 1.11. The predicted octanol–water partition coefficient (Wildman–Crippen LogP) is 6.70. The normalized spacial score (nSPS) is 11.5. The van der Waals surface area contributed by atoms with Crippen LogP contribution in [0.1, 0.15) is 0 Å². The number of rotatable bonds is 1. The first-order chi connectivity index (χ1) is 11.8. The summed E-state index contributed by atoms with van der Waals surface area (Å²) in [6.07, 6.45) is 0. The van der Waals surface area contributed by atoms with Gasteiger partial charge in [0.05, 0.1) is 16.7 Å². The van der Waals surface area contributed by atoms with E-state index in [2.05, 4.69) is 105 Å². The van der Waals surface area contributed by atoms with Crippen molar-refractivity contribution in [3.05, 3.63) is 89.4 Å². The van der Waals surface area contributed by atoms with Crippen molar-refractivity contribution in [2.75, 3.05) is 0 Å². The molecule has 0 atom stereocenters. The van der Waals surface area contributed by atoms with E-state index in [1.54, 1.807) is 0 Å². The third kappa shape index (κ3) is 1.87. The molecule has 0 amide bonds. The Hall–Kier alpha value is -2.58. The van der Waals surface area contributed by atoms with Gasteiger partial charge in [-0.1, -0.05) is 66.7 Å². The fraction of sp³-hybridized carbons (Fsp3) is 0. The van der Waals surface area contributed by atoms with Gasteiger partial charge in [-0.25, -0.2) is 0 Å². The number of aromatic nitrogens is 1. The fourth-order valence-corrected chi connectivity index (χ4v) is 4.17. The standard InChI is InChI=1S/C22H14BrN/c23-19-12-6-11-18-17-10-3-4-13-21(17)24(22(18)19)20-14-5-8-15-7-1-2-9-16(15)20/h1-14H. The van der Waals surface area contributed by atoms with Gasteiger partial charge in [-0.3, -0.25) is 0 Å². The maximum Gasteiger partial charge on any atom is 0.0683 e. The quantitative estimate of drug-likeness (QED) is 0.309. The molecule has 0 unspecified atom stereocenters. The van der Waals surface area contributed by atoms with Gasteiger partial charge in [-0.05, 0) is 39.5 Å². The zero-order valence-corrected chi connectivity index (χ0v) is 14.5. The number of benzene rings is 4. The van der Waals surface area contributed by atoms with E-state index in [9.17, 15) is 0 Å². The molecule has 0 radical (unpaired) electrons. The molecule has 0 fully saturated rings. The first-order valence-corrected chi connectivity index (χ1v) is 8.80. The Bertz CT molecular complexity index is 1210. The topological polar surface area (TPSA) is 4.93 Å². The molecule has 0 spiro atoms. The molecule has 5 rings (SSSR count). The predicted molar refractivity (Wildman–Crippen MR) is 106 cm³/mol. The maximum absolute atomic E-state index is 3.77. The summed E-state index contributed by atoms with van der Waals surface area (Å²) < 4.78 is 3.49. The smallest absolute Gasteiger partial charge is 0.0683 e. The van der Waals surface area contributed by atoms with Crippen molar-refractivity contribution >= 4 is 48.5 Å². The van der Waals surface area contributed by atoms with Crippen molar-refractivity contribution in [1.82, 2.24) is 4.57 Å². The van der Waals surface area contributed by atoms with Crippen LogP contribution in [0.2, 0.25) is 0 Å². The summed E-state index contributed by atoms with van der Waals surface area (Å²) in [4.78, 5) is 0. The molecule has 4 aromatic carbocycles. The van der Waals surface area contributed by atoms with Gasteiger partial charge in [0.1, 0.15) is 0 Å². The number of nitrogens with zero attached hydrogens (tertiary/aromatic N) is 1. The SMILES string of the molecule is Brc1cccc2c3ccccc3n(-c3cccc4ccccc34)c12. The number of halogens is 1. The van der Waals surface area contributed by atoms with Gasteiger partial charge in [-0.2, -0.15) is 0 Å². The Morgan fingerprint density at radius 3 is 2.17 bits per heavy atom. The molecule has 0 aliphatic heterocycles. The molecule has 1 aromatic heterocycles. The second-order valence-corrected chi connectivity index (χ2v) is 6.84. The highest BCUT2D eigenvalue weighted by molar-refractivity contribution is 9.10. The van der Waals surface area contributed by atoms with Crippen LogP contribution in [0.4, 0.5) is 0 Å². The highest BCUT2D eigenvalue weighted by Gasteiger charge is 2.15. The molecule has 0 bridgehead atoms. The van der Waals surface area contributed by atoms with Gasteiger partial charge in [0, 0.05) is 20.6 Å². The van der Waals surface area contributed by atoms with Crippen molar-refractivity contribution in [2.24, 2.45) is 0 Å². The number of hydrogen-bond donors (Lipinski definition) is 0. The van der Waals surface area contributed by atoms with Crippen molar-refractivity contribution in [1.29, 1.82) is 0 Å². The van der Waals surface area contributed by atoms with E-state index in [0.29, 0.717) is 0 Å². The summed E-state index contributed by atoms with van der Waals surface area (Å²) in [5, 5.41) is 5.07. The second kappa shape index (κ2) is 5.22. The van der Waals surface area contributed by atoms with Crippen LogP contribution in [0.3, 0.4) is 0 Å². The third-order valence-electron chi connectivity index (χ3n) is 4.65. The summed E-state index contributed by atoms with van der Waals surface area (Å²) in [7, 11) is 0. The summed E-state index contributed by atoms with van der Waals surface area (Å²) in [6, 6.07) is 30.1. The second-order valence-electron chi connectivity index (χ2n) is 5.99. The van der Waals surface area contributed by atoms with Gasteiger partial charge in [0.15, 0.2) is 0 Å². The van der Waals surface area contributed by atoms with E-state index in [-0.39, 0.29) is 0 Å². The lowest BCUT2D eigenvalue weighted by Crippen LogP contribution is -1.95. The van der Waals surface area contributed by atoms with Crippen LogP contribution in [0.5, 0.6) is 0 Å². The van der Waals surface area contributed by atoms with Crippen LogP contribution in [0.15, 0.2) is 89.4 Å². The zero-order valence-electron chi connectivity index (χ0n) is 12.9. The fourth-order valence-electron chi connectivity index (χ4n) is 3.63. The third-order valence-corrected chi connectivity index (χ3v) is 5.29.